The zero-order chi connectivity index (χ0) is 11.1. The van der Waals surface area contributed by atoms with E-state index < -0.39 is 0 Å². The molecule has 0 fully saturated rings. The zero-order valence-corrected chi connectivity index (χ0v) is 9.01. The summed E-state index contributed by atoms with van der Waals surface area (Å²) in [6, 6.07) is 8.00. The number of rotatable bonds is 1. The van der Waals surface area contributed by atoms with Crippen molar-refractivity contribution >= 4 is 27.8 Å². The summed E-state index contributed by atoms with van der Waals surface area (Å²) in [7, 11) is 0. The average Bonchev–Trinajstić information content (AvgIpc) is 2.74. The Morgan fingerprint density at radius 2 is 2.12 bits per heavy atom. The van der Waals surface area contributed by atoms with Gasteiger partial charge in [0.2, 0.25) is 0 Å². The van der Waals surface area contributed by atoms with Crippen LogP contribution in [-0.2, 0) is 6.54 Å². The molecule has 0 bridgehead atoms. The molecule has 16 heavy (non-hydrogen) atoms. The van der Waals surface area contributed by atoms with Gasteiger partial charge in [0.05, 0.1) is 17.4 Å². The molecule has 2 N–H and O–H groups in total. The number of benzene rings is 1. The number of nitrogens with zero attached hydrogens (tertiary/aromatic N) is 3. The lowest BCUT2D eigenvalue weighted by molar-refractivity contribution is 0.789. The Morgan fingerprint density at radius 1 is 1.31 bits per heavy atom. The number of anilines is 1. The van der Waals surface area contributed by atoms with Crippen molar-refractivity contribution < 1.29 is 0 Å². The Balaban J connectivity index is 2.59. The van der Waals surface area contributed by atoms with Gasteiger partial charge in [-0.3, -0.25) is 0 Å². The number of pyridine rings is 1. The van der Waals surface area contributed by atoms with Crippen LogP contribution in [0.25, 0.3) is 21.9 Å². The largest absolute Gasteiger partial charge is 0.382 e. The third kappa shape index (κ3) is 1.10. The van der Waals surface area contributed by atoms with E-state index >= 15 is 0 Å². The van der Waals surface area contributed by atoms with Crippen LogP contribution in [0.15, 0.2) is 30.6 Å². The maximum Gasteiger partial charge on any atom is 0.152 e. The van der Waals surface area contributed by atoms with E-state index in [0.717, 1.165) is 28.5 Å². The lowest BCUT2D eigenvalue weighted by Gasteiger charge is -2.04. The smallest absolute Gasteiger partial charge is 0.152 e. The van der Waals surface area contributed by atoms with Gasteiger partial charge in [0.1, 0.15) is 5.52 Å². The Labute approximate surface area is 92.7 Å². The van der Waals surface area contributed by atoms with Crippen molar-refractivity contribution in [2.24, 2.45) is 0 Å². The standard InChI is InChI=1S/C12H12N4/c1-2-16-7-14-10-11(16)8-5-3-4-6-9(8)15-12(10)13/h3-7H,2H2,1H3,(H2,13,15). The number of aryl methyl sites for hydroxylation is 1. The van der Waals surface area contributed by atoms with Gasteiger partial charge in [-0.15, -0.1) is 0 Å². The second-order valence-corrected chi connectivity index (χ2v) is 3.74. The molecule has 0 unspecified atom stereocenters. The van der Waals surface area contributed by atoms with Gasteiger partial charge in [-0.1, -0.05) is 18.2 Å². The highest BCUT2D eigenvalue weighted by Gasteiger charge is 2.10. The molecule has 0 radical (unpaired) electrons. The predicted octanol–water partition coefficient (Wildman–Crippen LogP) is 2.19. The zero-order valence-electron chi connectivity index (χ0n) is 9.01. The van der Waals surface area contributed by atoms with E-state index in [-0.39, 0.29) is 0 Å². The fourth-order valence-corrected chi connectivity index (χ4v) is 2.05. The van der Waals surface area contributed by atoms with Gasteiger partial charge in [0.25, 0.3) is 0 Å². The van der Waals surface area contributed by atoms with Crippen LogP contribution in [0.3, 0.4) is 0 Å². The third-order valence-corrected chi connectivity index (χ3v) is 2.82. The fraction of sp³-hybridized carbons (Fsp3) is 0.167. The Hall–Kier alpha value is -2.10. The van der Waals surface area contributed by atoms with Crippen LogP contribution in [0, 0.1) is 0 Å². The first-order valence-corrected chi connectivity index (χ1v) is 5.30. The summed E-state index contributed by atoms with van der Waals surface area (Å²) in [5.74, 6) is 0.501. The lowest BCUT2D eigenvalue weighted by atomic mass is 10.2. The maximum absolute atomic E-state index is 5.90. The molecule has 0 spiro atoms. The number of nitrogen functional groups attached to an aromatic ring is 1. The highest BCUT2D eigenvalue weighted by Crippen LogP contribution is 2.26. The van der Waals surface area contributed by atoms with Crippen molar-refractivity contribution in [3.63, 3.8) is 0 Å². The van der Waals surface area contributed by atoms with E-state index in [4.69, 9.17) is 5.73 Å². The monoisotopic (exact) mass is 212 g/mol. The molecule has 2 aromatic heterocycles. The van der Waals surface area contributed by atoms with Crippen LogP contribution in [0.4, 0.5) is 5.82 Å². The molecule has 0 aliphatic rings. The molecular weight excluding hydrogens is 200 g/mol. The summed E-state index contributed by atoms with van der Waals surface area (Å²) in [6.07, 6.45) is 1.81. The molecular formula is C12H12N4. The minimum atomic E-state index is 0.501. The highest BCUT2D eigenvalue weighted by atomic mass is 15.1. The maximum atomic E-state index is 5.90. The topological polar surface area (TPSA) is 56.7 Å². The van der Waals surface area contributed by atoms with Crippen LogP contribution in [-0.4, -0.2) is 14.5 Å². The van der Waals surface area contributed by atoms with Crippen LogP contribution in [0.1, 0.15) is 6.92 Å². The van der Waals surface area contributed by atoms with Crippen molar-refractivity contribution in [2.45, 2.75) is 13.5 Å². The van der Waals surface area contributed by atoms with E-state index in [9.17, 15) is 0 Å². The molecule has 0 amide bonds. The van der Waals surface area contributed by atoms with Gasteiger partial charge in [-0.25, -0.2) is 9.97 Å². The molecule has 0 aliphatic heterocycles. The van der Waals surface area contributed by atoms with Gasteiger partial charge in [-0.2, -0.15) is 0 Å². The minimum absolute atomic E-state index is 0.501. The lowest BCUT2D eigenvalue weighted by Crippen LogP contribution is -1.96. The number of nitrogens with two attached hydrogens (primary N) is 1. The molecule has 4 heteroatoms. The molecule has 3 rings (SSSR count). The first kappa shape index (κ1) is 9.15. The molecule has 80 valence electrons. The predicted molar refractivity (Wildman–Crippen MR) is 65.1 cm³/mol. The van der Waals surface area contributed by atoms with Crippen molar-refractivity contribution in [1.29, 1.82) is 0 Å². The van der Waals surface area contributed by atoms with Crippen LogP contribution >= 0.6 is 0 Å². The summed E-state index contributed by atoms with van der Waals surface area (Å²) in [5, 5.41) is 1.10. The van der Waals surface area contributed by atoms with Gasteiger partial charge < -0.3 is 10.3 Å². The first-order valence-electron chi connectivity index (χ1n) is 5.30. The Bertz CT molecular complexity index is 669. The van der Waals surface area contributed by atoms with Gasteiger partial charge >= 0.3 is 0 Å². The Morgan fingerprint density at radius 3 is 2.94 bits per heavy atom. The molecule has 2 heterocycles. The van der Waals surface area contributed by atoms with Crippen molar-refractivity contribution in [1.82, 2.24) is 14.5 Å². The fourth-order valence-electron chi connectivity index (χ4n) is 2.05. The normalized spacial score (nSPS) is 11.3. The second-order valence-electron chi connectivity index (χ2n) is 3.74. The quantitative estimate of drug-likeness (QED) is 0.672. The average molecular weight is 212 g/mol. The number of hydrogen-bond donors (Lipinski definition) is 1. The number of hydrogen-bond acceptors (Lipinski definition) is 3. The number of para-hydroxylation sites is 1. The number of fused-ring (bicyclic) bond motifs is 3. The van der Waals surface area contributed by atoms with Crippen molar-refractivity contribution in [3.05, 3.63) is 30.6 Å². The molecule has 0 atom stereocenters. The van der Waals surface area contributed by atoms with Gasteiger partial charge in [-0.05, 0) is 13.0 Å². The minimum Gasteiger partial charge on any atom is -0.382 e. The highest BCUT2D eigenvalue weighted by molar-refractivity contribution is 6.06. The molecule has 0 saturated carbocycles. The number of aromatic nitrogens is 3. The molecule has 4 nitrogen and oxygen atoms in total. The summed E-state index contributed by atoms with van der Waals surface area (Å²) >= 11 is 0. The first-order chi connectivity index (χ1) is 7.81. The molecule has 3 aromatic rings. The van der Waals surface area contributed by atoms with Gasteiger partial charge in [0.15, 0.2) is 5.82 Å². The Kier molecular flexibility index (Phi) is 1.83. The summed E-state index contributed by atoms with van der Waals surface area (Å²) < 4.78 is 2.09. The summed E-state index contributed by atoms with van der Waals surface area (Å²) in [5.41, 5.74) is 8.69. The molecule has 1 aromatic carbocycles. The van der Waals surface area contributed by atoms with Gasteiger partial charge in [0, 0.05) is 11.9 Å². The van der Waals surface area contributed by atoms with Crippen LogP contribution < -0.4 is 5.73 Å². The van der Waals surface area contributed by atoms with Crippen LogP contribution in [0.5, 0.6) is 0 Å². The summed E-state index contributed by atoms with van der Waals surface area (Å²) in [6.45, 7) is 2.97. The van der Waals surface area contributed by atoms with E-state index in [0.29, 0.717) is 5.82 Å². The SMILES string of the molecule is CCn1cnc2c(N)nc3ccccc3c21. The van der Waals surface area contributed by atoms with Crippen molar-refractivity contribution in [3.8, 4) is 0 Å². The third-order valence-electron chi connectivity index (χ3n) is 2.82. The van der Waals surface area contributed by atoms with E-state index in [1.54, 1.807) is 0 Å². The van der Waals surface area contributed by atoms with E-state index in [2.05, 4.69) is 27.5 Å². The molecule has 0 aliphatic carbocycles. The molecule has 0 saturated heterocycles. The van der Waals surface area contributed by atoms with Crippen LogP contribution in [0.2, 0.25) is 0 Å². The second kappa shape index (κ2) is 3.20. The number of imidazole rings is 1. The summed E-state index contributed by atoms with van der Waals surface area (Å²) in [4.78, 5) is 8.67. The van der Waals surface area contributed by atoms with Crippen molar-refractivity contribution in [2.75, 3.05) is 5.73 Å². The van der Waals surface area contributed by atoms with E-state index in [1.165, 1.54) is 0 Å². The van der Waals surface area contributed by atoms with E-state index in [1.807, 2.05) is 24.5 Å².